The molecule has 28 heteroatoms. The molecule has 5 aromatic rings. The van der Waals surface area contributed by atoms with E-state index in [4.69, 9.17) is 24.1 Å². The molecule has 5 aromatic carbocycles. The summed E-state index contributed by atoms with van der Waals surface area (Å²) in [6.07, 6.45) is -0.576. The fourth-order valence-corrected chi connectivity index (χ4v) is 7.88. The zero-order valence-electron chi connectivity index (χ0n) is 36.8. The molecule has 0 spiro atoms. The van der Waals surface area contributed by atoms with Crippen LogP contribution in [0.1, 0.15) is 29.5 Å². The summed E-state index contributed by atoms with van der Waals surface area (Å²) >= 11 is 0. The molecule has 0 saturated carbocycles. The molecule has 0 saturated heterocycles. The summed E-state index contributed by atoms with van der Waals surface area (Å²) in [5, 5.41) is 49.8. The smallest absolute Gasteiger partial charge is 0.306 e. The fraction of sp³-hybridized carbons (Fsp3) is 0.220. The lowest BCUT2D eigenvalue weighted by Crippen LogP contribution is -2.14. The Kier molecular flexibility index (Phi) is 16.8. The van der Waals surface area contributed by atoms with Gasteiger partial charge in [0, 0.05) is 29.6 Å². The number of esters is 1. The number of nitro groups is 1. The van der Waals surface area contributed by atoms with Crippen molar-refractivity contribution in [2.75, 3.05) is 39.5 Å². The number of aryl methyl sites for hydroxylation is 1. The van der Waals surface area contributed by atoms with Crippen molar-refractivity contribution < 1.29 is 73.4 Å². The first-order chi connectivity index (χ1) is 32.8. The Labute approximate surface area is 391 Å². The van der Waals surface area contributed by atoms with Gasteiger partial charge < -0.3 is 35.1 Å². The van der Waals surface area contributed by atoms with Crippen LogP contribution in [0.2, 0.25) is 0 Å². The van der Waals surface area contributed by atoms with Crippen LogP contribution >= 0.6 is 0 Å². The van der Waals surface area contributed by atoms with Gasteiger partial charge in [-0.1, -0.05) is 0 Å². The van der Waals surface area contributed by atoms with E-state index in [1.165, 1.54) is 25.3 Å². The predicted molar refractivity (Wildman–Crippen MR) is 240 cm³/mol. The molecular formula is C41H39N9O17S2. The highest BCUT2D eigenvalue weighted by molar-refractivity contribution is 7.87. The van der Waals surface area contributed by atoms with Crippen molar-refractivity contribution in [2.24, 2.45) is 30.7 Å². The van der Waals surface area contributed by atoms with Crippen molar-refractivity contribution in [2.45, 2.75) is 42.8 Å². The standard InChI is InChI=1S/C41H39N9O17S2/c1-22-10-30(33(62-2)16-29(22)46-44-26-12-23(18-66-20-51)11-24(13-26)19-67-21-52)47-48-31-17-34(68(58,59)64-4)27-15-35(69(60,61)65-5)40(41(55)38(27)39(31)42)49-45-28-7-6-25(14-32(28)50(56)57)43-36(53)8-9-37(54)63-3/h6-7,10-17,20-21,55H,8-9,18-19,42H2,1-5H3,(H,43,53). The zero-order chi connectivity index (χ0) is 50.6. The number of hydrogen-bond acceptors (Lipinski definition) is 24. The number of nitrogens with one attached hydrogen (secondary N) is 1. The highest BCUT2D eigenvalue weighted by atomic mass is 32.2. The van der Waals surface area contributed by atoms with Crippen LogP contribution in [-0.2, 0) is 75.2 Å². The van der Waals surface area contributed by atoms with Crippen LogP contribution in [0, 0.1) is 17.0 Å². The first kappa shape index (κ1) is 51.6. The molecule has 0 unspecified atom stereocenters. The Morgan fingerprint density at radius 2 is 1.36 bits per heavy atom. The minimum atomic E-state index is -4.90. The van der Waals surface area contributed by atoms with Gasteiger partial charge in [0.2, 0.25) is 5.91 Å². The average Bonchev–Trinajstić information content (AvgIpc) is 3.33. The van der Waals surface area contributed by atoms with E-state index in [0.717, 1.165) is 45.6 Å². The minimum Gasteiger partial charge on any atom is -0.505 e. The highest BCUT2D eigenvalue weighted by Crippen LogP contribution is 2.49. The van der Waals surface area contributed by atoms with Crippen molar-refractivity contribution >= 4 is 107 Å². The fourth-order valence-electron chi connectivity index (χ4n) is 6.20. The van der Waals surface area contributed by atoms with Gasteiger partial charge in [-0.2, -0.15) is 27.1 Å². The second kappa shape index (κ2) is 22.4. The van der Waals surface area contributed by atoms with E-state index < -0.39 is 91.8 Å². The summed E-state index contributed by atoms with van der Waals surface area (Å²) in [6, 6.07) is 12.6. The maximum absolute atomic E-state index is 13.4. The van der Waals surface area contributed by atoms with Crippen LogP contribution in [0.25, 0.3) is 10.8 Å². The average molecular weight is 994 g/mol. The first-order valence-electron chi connectivity index (χ1n) is 19.4. The molecule has 0 bridgehead atoms. The summed E-state index contributed by atoms with van der Waals surface area (Å²) in [6.45, 7) is 2.01. The first-order valence-corrected chi connectivity index (χ1v) is 22.2. The van der Waals surface area contributed by atoms with Crippen LogP contribution in [0.3, 0.4) is 0 Å². The third-order valence-corrected chi connectivity index (χ3v) is 12.1. The number of carbonyl (C=O) groups excluding carboxylic acids is 4. The van der Waals surface area contributed by atoms with Gasteiger partial charge in [-0.3, -0.25) is 37.7 Å². The number of nitro benzene ring substituents is 1. The van der Waals surface area contributed by atoms with Gasteiger partial charge in [-0.15, -0.1) is 20.5 Å². The number of ether oxygens (including phenoxy) is 4. The maximum Gasteiger partial charge on any atom is 0.306 e. The number of nitrogen functional groups attached to an aromatic ring is 1. The van der Waals surface area contributed by atoms with E-state index in [1.807, 2.05) is 0 Å². The molecule has 0 fully saturated rings. The summed E-state index contributed by atoms with van der Waals surface area (Å²) in [5.74, 6) is -2.36. The van der Waals surface area contributed by atoms with Crippen molar-refractivity contribution in [3.05, 3.63) is 87.5 Å². The van der Waals surface area contributed by atoms with E-state index in [2.05, 4.69) is 44.9 Å². The van der Waals surface area contributed by atoms with Crippen molar-refractivity contribution in [1.82, 2.24) is 0 Å². The topological polar surface area (TPSA) is 368 Å². The van der Waals surface area contributed by atoms with Crippen LogP contribution in [0.5, 0.6) is 11.5 Å². The van der Waals surface area contributed by atoms with Gasteiger partial charge in [0.25, 0.3) is 38.9 Å². The summed E-state index contributed by atoms with van der Waals surface area (Å²) in [5.41, 5.74) is 5.58. The van der Waals surface area contributed by atoms with E-state index in [0.29, 0.717) is 28.1 Å². The largest absolute Gasteiger partial charge is 0.505 e. The molecule has 26 nitrogen and oxygen atoms in total. The monoisotopic (exact) mass is 993 g/mol. The number of azo groups is 3. The molecule has 0 atom stereocenters. The number of amides is 1. The van der Waals surface area contributed by atoms with Crippen LogP contribution in [0.15, 0.2) is 101 Å². The Bertz CT molecular complexity index is 3150. The number of aromatic hydroxyl groups is 1. The SMILES string of the molecule is COC(=O)CCC(=O)Nc1ccc(N=Nc2c(S(=O)(=O)OC)cc3c(S(=O)(=O)OC)cc(N=Nc4cc(C)c(N=Nc5cc(COC=O)cc(COC=O)c5)cc4OC)c(N)c3c2O)c([N+](=O)[O-])c1. The molecule has 1 amide bonds. The molecule has 0 aromatic heterocycles. The molecule has 0 aliphatic carbocycles. The molecule has 0 aliphatic heterocycles. The quantitative estimate of drug-likeness (QED) is 0.00882. The minimum absolute atomic E-state index is 0.0551. The van der Waals surface area contributed by atoms with Crippen molar-refractivity contribution in [3.8, 4) is 11.5 Å². The summed E-state index contributed by atoms with van der Waals surface area (Å²) in [7, 11) is -5.67. The molecule has 0 aliphatic rings. The highest BCUT2D eigenvalue weighted by Gasteiger charge is 2.30. The third-order valence-electron chi connectivity index (χ3n) is 9.50. The van der Waals surface area contributed by atoms with E-state index in [1.54, 1.807) is 25.1 Å². The van der Waals surface area contributed by atoms with Gasteiger partial charge >= 0.3 is 5.97 Å². The second-order valence-electron chi connectivity index (χ2n) is 13.9. The summed E-state index contributed by atoms with van der Waals surface area (Å²) < 4.78 is 82.6. The lowest BCUT2D eigenvalue weighted by Gasteiger charge is -2.16. The second-order valence-corrected chi connectivity index (χ2v) is 17.2. The number of methoxy groups -OCH3 is 2. The molecule has 0 radical (unpaired) electrons. The van der Waals surface area contributed by atoms with E-state index in [9.17, 15) is 51.2 Å². The molecule has 69 heavy (non-hydrogen) atoms. The van der Waals surface area contributed by atoms with Gasteiger partial charge in [0.05, 0.1) is 62.2 Å². The number of rotatable bonds is 22. The molecule has 0 heterocycles. The van der Waals surface area contributed by atoms with Gasteiger partial charge in [0.1, 0.15) is 45.8 Å². The molecular weight excluding hydrogens is 955 g/mol. The summed E-state index contributed by atoms with van der Waals surface area (Å²) in [4.78, 5) is 54.8. The van der Waals surface area contributed by atoms with E-state index in [-0.39, 0.29) is 56.1 Å². The number of phenolic OH excluding ortho intramolecular Hbond substituents is 1. The van der Waals surface area contributed by atoms with E-state index >= 15 is 0 Å². The van der Waals surface area contributed by atoms with Crippen molar-refractivity contribution in [1.29, 1.82) is 0 Å². The molecule has 5 rings (SSSR count). The van der Waals surface area contributed by atoms with Gasteiger partial charge in [-0.05, 0) is 72.1 Å². The predicted octanol–water partition coefficient (Wildman–Crippen LogP) is 7.51. The number of carbonyl (C=O) groups is 4. The van der Waals surface area contributed by atoms with Gasteiger partial charge in [-0.25, -0.2) is 0 Å². The molecule has 4 N–H and O–H groups in total. The number of fused-ring (bicyclic) bond motifs is 1. The normalized spacial score (nSPS) is 11.8. The number of nitrogens with two attached hydrogens (primary N) is 1. The number of nitrogens with zero attached hydrogens (tertiary/aromatic N) is 7. The third kappa shape index (κ3) is 12.4. The lowest BCUT2D eigenvalue weighted by molar-refractivity contribution is -0.384. The Balaban J connectivity index is 1.62. The Morgan fingerprint density at radius 1 is 0.754 bits per heavy atom. The van der Waals surface area contributed by atoms with Crippen LogP contribution < -0.4 is 15.8 Å². The maximum atomic E-state index is 13.4. The van der Waals surface area contributed by atoms with Crippen LogP contribution in [-0.4, -0.2) is 80.1 Å². The van der Waals surface area contributed by atoms with Crippen molar-refractivity contribution in [3.63, 3.8) is 0 Å². The Morgan fingerprint density at radius 3 is 1.96 bits per heavy atom. The zero-order valence-corrected chi connectivity index (χ0v) is 38.4. The number of anilines is 2. The Hall–Kier alpha value is -8.34. The molecule has 362 valence electrons. The lowest BCUT2D eigenvalue weighted by atomic mass is 10.0. The number of hydrogen-bond donors (Lipinski definition) is 3. The van der Waals surface area contributed by atoms with Crippen LogP contribution in [0.4, 0.5) is 51.2 Å². The number of phenols is 1. The van der Waals surface area contributed by atoms with Gasteiger partial charge in [0.15, 0.2) is 11.4 Å². The number of benzene rings is 5.